The number of nitrogens with two attached hydrogens (primary N) is 1. The van der Waals surface area contributed by atoms with E-state index in [1.807, 2.05) is 24.3 Å². The Balaban J connectivity index is 2.40. The first-order valence-corrected chi connectivity index (χ1v) is 7.29. The van der Waals surface area contributed by atoms with Crippen LogP contribution in [0, 0.1) is 5.82 Å². The van der Waals surface area contributed by atoms with Crippen molar-refractivity contribution in [3.05, 3.63) is 56.7 Å². The van der Waals surface area contributed by atoms with E-state index < -0.39 is 5.82 Å². The minimum Gasteiger partial charge on any atom is -0.389 e. The maximum atomic E-state index is 14.2. The highest BCUT2D eigenvalue weighted by Gasteiger charge is 2.13. The second kappa shape index (κ2) is 5.98. The Morgan fingerprint density at radius 1 is 1.11 bits per heavy atom. The Hall–Kier alpha value is -0.980. The van der Waals surface area contributed by atoms with Crippen LogP contribution in [0.5, 0.6) is 0 Å². The number of hydrogen-bond donors (Lipinski definition) is 2. The summed E-state index contributed by atoms with van der Waals surface area (Å²) in [5, 5.41) is 3.01. The Labute approximate surface area is 132 Å². The van der Waals surface area contributed by atoms with Crippen molar-refractivity contribution in [1.82, 2.24) is 0 Å². The van der Waals surface area contributed by atoms with Gasteiger partial charge in [0.2, 0.25) is 0 Å². The number of para-hydroxylation sites is 1. The Morgan fingerprint density at radius 2 is 1.79 bits per heavy atom. The fourth-order valence-corrected chi connectivity index (χ4v) is 2.79. The van der Waals surface area contributed by atoms with Crippen LogP contribution in [0.25, 0.3) is 0 Å². The Kier molecular flexibility index (Phi) is 4.54. The maximum Gasteiger partial charge on any atom is 0.161 e. The highest BCUT2D eigenvalue weighted by molar-refractivity contribution is 9.11. The van der Waals surface area contributed by atoms with Gasteiger partial charge in [-0.2, -0.15) is 0 Å². The highest BCUT2D eigenvalue weighted by Crippen LogP contribution is 2.31. The van der Waals surface area contributed by atoms with Crippen molar-refractivity contribution in [2.75, 3.05) is 5.32 Å². The van der Waals surface area contributed by atoms with Gasteiger partial charge in [-0.15, -0.1) is 0 Å². The van der Waals surface area contributed by atoms with Crippen LogP contribution in [0.2, 0.25) is 0 Å². The third-order valence-electron chi connectivity index (χ3n) is 2.49. The van der Waals surface area contributed by atoms with Gasteiger partial charge in [0.05, 0.1) is 15.8 Å². The summed E-state index contributed by atoms with van der Waals surface area (Å²) in [4.78, 5) is 0.151. The summed E-state index contributed by atoms with van der Waals surface area (Å²) in [5.41, 5.74) is 7.11. The minimum atomic E-state index is -0.430. The highest BCUT2D eigenvalue weighted by atomic mass is 79.9. The molecule has 0 unspecified atom stereocenters. The molecule has 2 aromatic carbocycles. The lowest BCUT2D eigenvalue weighted by Gasteiger charge is -2.12. The molecule has 0 spiro atoms. The van der Waals surface area contributed by atoms with Crippen molar-refractivity contribution >= 4 is 60.4 Å². The monoisotopic (exact) mass is 402 g/mol. The molecular formula is C13H9Br2FN2S. The third kappa shape index (κ3) is 3.13. The summed E-state index contributed by atoms with van der Waals surface area (Å²) >= 11 is 11.4. The number of benzene rings is 2. The molecule has 2 nitrogen and oxygen atoms in total. The summed E-state index contributed by atoms with van der Waals surface area (Å²) in [6.07, 6.45) is 0. The minimum absolute atomic E-state index is 0.151. The molecule has 3 N–H and O–H groups in total. The predicted molar refractivity (Wildman–Crippen MR) is 87.4 cm³/mol. The average Bonchev–Trinajstić information content (AvgIpc) is 2.37. The molecule has 6 heteroatoms. The van der Waals surface area contributed by atoms with E-state index in [4.69, 9.17) is 18.0 Å². The van der Waals surface area contributed by atoms with Gasteiger partial charge in [-0.3, -0.25) is 0 Å². The van der Waals surface area contributed by atoms with E-state index in [9.17, 15) is 4.39 Å². The molecule has 0 bridgehead atoms. The van der Waals surface area contributed by atoms with E-state index in [0.717, 1.165) is 10.2 Å². The van der Waals surface area contributed by atoms with Gasteiger partial charge in [0.1, 0.15) is 4.99 Å². The first-order valence-electron chi connectivity index (χ1n) is 5.30. The number of nitrogens with one attached hydrogen (secondary N) is 1. The van der Waals surface area contributed by atoms with Crippen LogP contribution in [0.4, 0.5) is 15.8 Å². The van der Waals surface area contributed by atoms with Crippen molar-refractivity contribution in [2.24, 2.45) is 5.73 Å². The molecule has 0 saturated carbocycles. The summed E-state index contributed by atoms with van der Waals surface area (Å²) in [5.74, 6) is -0.430. The Morgan fingerprint density at radius 3 is 2.42 bits per heavy atom. The molecule has 0 atom stereocenters. The molecule has 0 fully saturated rings. The number of halogens is 3. The third-order valence-corrected chi connectivity index (χ3v) is 4.18. The van der Waals surface area contributed by atoms with Gasteiger partial charge in [0.15, 0.2) is 5.82 Å². The number of rotatable bonds is 3. The van der Waals surface area contributed by atoms with E-state index in [1.165, 1.54) is 0 Å². The van der Waals surface area contributed by atoms with Crippen molar-refractivity contribution in [1.29, 1.82) is 0 Å². The first-order chi connectivity index (χ1) is 9.00. The normalized spacial score (nSPS) is 10.3. The molecule has 98 valence electrons. The van der Waals surface area contributed by atoms with Crippen molar-refractivity contribution in [3.8, 4) is 0 Å². The zero-order chi connectivity index (χ0) is 14.0. The van der Waals surface area contributed by atoms with Gasteiger partial charge >= 0.3 is 0 Å². The molecule has 0 radical (unpaired) electrons. The lowest BCUT2D eigenvalue weighted by atomic mass is 10.2. The molecular weight excluding hydrogens is 395 g/mol. The topological polar surface area (TPSA) is 38.0 Å². The Bertz CT molecular complexity index is 647. The average molecular weight is 404 g/mol. The van der Waals surface area contributed by atoms with Crippen LogP contribution in [0.1, 0.15) is 5.56 Å². The zero-order valence-corrected chi connectivity index (χ0v) is 13.6. The van der Waals surface area contributed by atoms with Gasteiger partial charge in [0.25, 0.3) is 0 Å². The molecule has 2 rings (SSSR count). The quantitative estimate of drug-likeness (QED) is 0.727. The lowest BCUT2D eigenvalue weighted by Crippen LogP contribution is -2.11. The van der Waals surface area contributed by atoms with Crippen molar-refractivity contribution < 1.29 is 4.39 Å². The molecule has 0 aliphatic heterocycles. The van der Waals surface area contributed by atoms with Gasteiger partial charge in [-0.25, -0.2) is 4.39 Å². The standard InChI is InChI=1S/C13H9Br2FN2S/c14-8-3-1-2-4-9(8)18-10-6-5-7(13(17)19)11(15)12(10)16/h1-6,18H,(H2,17,19). The molecule has 0 saturated heterocycles. The second-order valence-electron chi connectivity index (χ2n) is 3.76. The van der Waals surface area contributed by atoms with Crippen LogP contribution < -0.4 is 11.1 Å². The summed E-state index contributed by atoms with van der Waals surface area (Å²) in [6, 6.07) is 10.8. The van der Waals surface area contributed by atoms with E-state index in [2.05, 4.69) is 37.2 Å². The smallest absolute Gasteiger partial charge is 0.161 e. The number of hydrogen-bond acceptors (Lipinski definition) is 2. The summed E-state index contributed by atoms with van der Waals surface area (Å²) in [7, 11) is 0. The molecule has 0 aliphatic carbocycles. The predicted octanol–water partition coefficient (Wildman–Crippen LogP) is 4.73. The maximum absolute atomic E-state index is 14.2. The van der Waals surface area contributed by atoms with E-state index >= 15 is 0 Å². The second-order valence-corrected chi connectivity index (χ2v) is 5.84. The lowest BCUT2D eigenvalue weighted by molar-refractivity contribution is 0.625. The fraction of sp³-hybridized carbons (Fsp3) is 0. The molecule has 0 aromatic heterocycles. The van der Waals surface area contributed by atoms with Gasteiger partial charge in [-0.1, -0.05) is 24.4 Å². The molecule has 0 aliphatic rings. The van der Waals surface area contributed by atoms with Crippen molar-refractivity contribution in [2.45, 2.75) is 0 Å². The SMILES string of the molecule is NC(=S)c1ccc(Nc2ccccc2Br)c(F)c1Br. The summed E-state index contributed by atoms with van der Waals surface area (Å²) in [6.45, 7) is 0. The fourth-order valence-electron chi connectivity index (χ4n) is 1.54. The molecule has 2 aromatic rings. The summed E-state index contributed by atoms with van der Waals surface area (Å²) < 4.78 is 15.3. The molecule has 0 amide bonds. The van der Waals surface area contributed by atoms with Gasteiger partial charge < -0.3 is 11.1 Å². The van der Waals surface area contributed by atoms with Crippen LogP contribution in [-0.4, -0.2) is 4.99 Å². The molecule has 0 heterocycles. The zero-order valence-electron chi connectivity index (χ0n) is 9.58. The van der Waals surface area contributed by atoms with Crippen LogP contribution in [0.3, 0.4) is 0 Å². The largest absolute Gasteiger partial charge is 0.389 e. The van der Waals surface area contributed by atoms with E-state index in [0.29, 0.717) is 11.3 Å². The van der Waals surface area contributed by atoms with Gasteiger partial charge in [0, 0.05) is 10.0 Å². The first kappa shape index (κ1) is 14.4. The number of thiocarbonyl (C=S) groups is 1. The van der Waals surface area contributed by atoms with E-state index in [-0.39, 0.29) is 9.46 Å². The van der Waals surface area contributed by atoms with E-state index in [1.54, 1.807) is 12.1 Å². The number of anilines is 2. The van der Waals surface area contributed by atoms with Crippen LogP contribution in [-0.2, 0) is 0 Å². The van der Waals surface area contributed by atoms with Crippen molar-refractivity contribution in [3.63, 3.8) is 0 Å². The van der Waals surface area contributed by atoms with Crippen LogP contribution >= 0.6 is 44.1 Å². The van der Waals surface area contributed by atoms with Crippen LogP contribution in [0.15, 0.2) is 45.3 Å². The van der Waals surface area contributed by atoms with Gasteiger partial charge in [-0.05, 0) is 56.1 Å². The molecule has 19 heavy (non-hydrogen) atoms.